The van der Waals surface area contributed by atoms with Crippen LogP contribution in [-0.4, -0.2) is 37.7 Å². The Morgan fingerprint density at radius 2 is 2.27 bits per heavy atom. The molecule has 1 aromatic carbocycles. The Morgan fingerprint density at radius 3 is 3.00 bits per heavy atom. The molecule has 6 heteroatoms. The van der Waals surface area contributed by atoms with E-state index in [0.29, 0.717) is 13.2 Å². The summed E-state index contributed by atoms with van der Waals surface area (Å²) in [4.78, 5) is 17.0. The maximum atomic E-state index is 12.6. The zero-order chi connectivity index (χ0) is 14.7. The van der Waals surface area contributed by atoms with Crippen LogP contribution in [-0.2, 0) is 9.53 Å². The van der Waals surface area contributed by atoms with Gasteiger partial charge in [0.05, 0.1) is 29.4 Å². The molecule has 5 nitrogen and oxygen atoms in total. The third kappa shape index (κ3) is 3.21. The molecular formula is C16H20ClN3O2. The van der Waals surface area contributed by atoms with Gasteiger partial charge >= 0.3 is 0 Å². The number of benzene rings is 1. The van der Waals surface area contributed by atoms with Crippen molar-refractivity contribution < 1.29 is 9.53 Å². The Morgan fingerprint density at radius 1 is 1.45 bits per heavy atom. The van der Waals surface area contributed by atoms with E-state index in [1.165, 1.54) is 0 Å². The molecule has 1 unspecified atom stereocenters. The highest BCUT2D eigenvalue weighted by molar-refractivity contribution is 5.97. The summed E-state index contributed by atoms with van der Waals surface area (Å²) in [6.45, 7) is 1.91. The van der Waals surface area contributed by atoms with Crippen LogP contribution in [0.4, 0.5) is 5.69 Å². The molecule has 3 rings (SSSR count). The van der Waals surface area contributed by atoms with Gasteiger partial charge in [0, 0.05) is 19.0 Å². The third-order valence-corrected chi connectivity index (χ3v) is 3.99. The summed E-state index contributed by atoms with van der Waals surface area (Å²) >= 11 is 0. The summed E-state index contributed by atoms with van der Waals surface area (Å²) in [5.41, 5.74) is 1.16. The van der Waals surface area contributed by atoms with Crippen LogP contribution >= 0.6 is 12.4 Å². The summed E-state index contributed by atoms with van der Waals surface area (Å²) in [6, 6.07) is 9.80. The second kappa shape index (κ2) is 7.05. The quantitative estimate of drug-likeness (QED) is 0.906. The van der Waals surface area contributed by atoms with Gasteiger partial charge in [-0.2, -0.15) is 0 Å². The summed E-state index contributed by atoms with van der Waals surface area (Å²) < 4.78 is 5.24. The molecule has 1 saturated heterocycles. The predicted molar refractivity (Wildman–Crippen MR) is 89.4 cm³/mol. The maximum Gasteiger partial charge on any atom is 0.234 e. The molecule has 2 aromatic rings. The number of pyridine rings is 1. The van der Waals surface area contributed by atoms with E-state index in [2.05, 4.69) is 15.6 Å². The van der Waals surface area contributed by atoms with Crippen molar-refractivity contribution in [3.8, 4) is 0 Å². The number of carbonyl (C=O) groups is 1. The van der Waals surface area contributed by atoms with E-state index in [1.54, 1.807) is 13.3 Å². The highest BCUT2D eigenvalue weighted by Gasteiger charge is 2.41. The van der Waals surface area contributed by atoms with Crippen LogP contribution < -0.4 is 10.6 Å². The molecule has 0 saturated carbocycles. The van der Waals surface area contributed by atoms with Gasteiger partial charge in [0.1, 0.15) is 0 Å². The van der Waals surface area contributed by atoms with E-state index < -0.39 is 5.41 Å². The minimum Gasteiger partial charge on any atom is -0.384 e. The summed E-state index contributed by atoms with van der Waals surface area (Å²) in [7, 11) is 1.63. The Kier molecular flexibility index (Phi) is 5.34. The second-order valence-electron chi connectivity index (χ2n) is 5.51. The van der Waals surface area contributed by atoms with Crippen molar-refractivity contribution in [3.05, 3.63) is 36.5 Å². The highest BCUT2D eigenvalue weighted by Crippen LogP contribution is 2.28. The number of hydrogen-bond donors (Lipinski definition) is 2. The third-order valence-electron chi connectivity index (χ3n) is 3.99. The lowest BCUT2D eigenvalue weighted by Gasteiger charge is -2.25. The molecular weight excluding hydrogens is 302 g/mol. The number of nitrogens with zero attached hydrogens (tertiary/aromatic N) is 1. The van der Waals surface area contributed by atoms with Crippen molar-refractivity contribution >= 4 is 34.9 Å². The van der Waals surface area contributed by atoms with Crippen molar-refractivity contribution in [2.24, 2.45) is 5.41 Å². The molecule has 1 atom stereocenters. The van der Waals surface area contributed by atoms with Gasteiger partial charge in [0.15, 0.2) is 0 Å². The van der Waals surface area contributed by atoms with Gasteiger partial charge in [0.2, 0.25) is 5.91 Å². The van der Waals surface area contributed by atoms with Crippen LogP contribution in [0.5, 0.6) is 0 Å². The van der Waals surface area contributed by atoms with Gasteiger partial charge in [-0.25, -0.2) is 0 Å². The van der Waals surface area contributed by atoms with E-state index in [1.807, 2.05) is 30.3 Å². The molecule has 1 amide bonds. The zero-order valence-electron chi connectivity index (χ0n) is 12.5. The molecule has 22 heavy (non-hydrogen) atoms. The predicted octanol–water partition coefficient (Wildman–Crippen LogP) is 2.22. The zero-order valence-corrected chi connectivity index (χ0v) is 13.3. The fourth-order valence-electron chi connectivity index (χ4n) is 2.81. The lowest BCUT2D eigenvalue weighted by molar-refractivity contribution is -0.127. The number of carbonyl (C=O) groups excluding carboxylic acids is 1. The molecule has 2 N–H and O–H groups in total. The monoisotopic (exact) mass is 321 g/mol. The van der Waals surface area contributed by atoms with Crippen LogP contribution in [0.1, 0.15) is 6.42 Å². The van der Waals surface area contributed by atoms with Crippen LogP contribution in [0.2, 0.25) is 0 Å². The van der Waals surface area contributed by atoms with Crippen LogP contribution in [0, 0.1) is 5.41 Å². The number of fused-ring (bicyclic) bond motifs is 1. The van der Waals surface area contributed by atoms with E-state index in [4.69, 9.17) is 4.74 Å². The smallest absolute Gasteiger partial charge is 0.234 e. The number of amides is 1. The Hall–Kier alpha value is -1.69. The number of rotatable bonds is 4. The summed E-state index contributed by atoms with van der Waals surface area (Å²) in [5.74, 6) is -0.00793. The molecule has 0 radical (unpaired) electrons. The first-order valence-electron chi connectivity index (χ1n) is 7.09. The normalized spacial score (nSPS) is 20.6. The standard InChI is InChI=1S/C16H19N3O2.ClH/c1-21-11-16(6-7-17-10-16)15(20)19-13-8-12-4-2-3-5-14(12)18-9-13;/h2-5,8-9,17H,6-7,10-11H2,1H3,(H,19,20);1H. The SMILES string of the molecule is COCC1(C(=O)Nc2cnc3ccccc3c2)CCNC1.Cl. The average molecular weight is 322 g/mol. The van der Waals surface area contributed by atoms with Crippen LogP contribution in [0.3, 0.4) is 0 Å². The molecule has 118 valence electrons. The minimum absolute atomic E-state index is 0. The lowest BCUT2D eigenvalue weighted by atomic mass is 9.87. The fourth-order valence-corrected chi connectivity index (χ4v) is 2.81. The van der Waals surface area contributed by atoms with Gasteiger partial charge in [-0.15, -0.1) is 12.4 Å². The number of aromatic nitrogens is 1. The minimum atomic E-state index is -0.486. The van der Waals surface area contributed by atoms with E-state index in [0.717, 1.165) is 29.6 Å². The topological polar surface area (TPSA) is 63.2 Å². The van der Waals surface area contributed by atoms with Crippen molar-refractivity contribution in [3.63, 3.8) is 0 Å². The lowest BCUT2D eigenvalue weighted by Crippen LogP contribution is -2.41. The Labute approximate surface area is 135 Å². The highest BCUT2D eigenvalue weighted by atomic mass is 35.5. The molecule has 1 fully saturated rings. The van der Waals surface area contributed by atoms with Gasteiger partial charge in [-0.05, 0) is 25.1 Å². The van der Waals surface area contributed by atoms with Crippen molar-refractivity contribution in [2.75, 3.05) is 32.1 Å². The number of nitrogens with one attached hydrogen (secondary N) is 2. The molecule has 1 aromatic heterocycles. The van der Waals surface area contributed by atoms with Gasteiger partial charge in [-0.3, -0.25) is 9.78 Å². The number of methoxy groups -OCH3 is 1. The van der Waals surface area contributed by atoms with Crippen molar-refractivity contribution in [1.82, 2.24) is 10.3 Å². The summed E-state index contributed by atoms with van der Waals surface area (Å²) in [6.07, 6.45) is 2.48. The summed E-state index contributed by atoms with van der Waals surface area (Å²) in [5, 5.41) is 7.23. The van der Waals surface area contributed by atoms with Crippen LogP contribution in [0.15, 0.2) is 36.5 Å². The number of para-hydroxylation sites is 1. The average Bonchev–Trinajstić information content (AvgIpc) is 2.97. The molecule has 0 aliphatic carbocycles. The Balaban J connectivity index is 0.00000176. The first-order chi connectivity index (χ1) is 10.2. The molecule has 1 aliphatic heterocycles. The van der Waals surface area contributed by atoms with E-state index in [9.17, 15) is 4.79 Å². The molecule has 1 aliphatic rings. The van der Waals surface area contributed by atoms with Gasteiger partial charge < -0.3 is 15.4 Å². The number of ether oxygens (including phenoxy) is 1. The van der Waals surface area contributed by atoms with Crippen molar-refractivity contribution in [2.45, 2.75) is 6.42 Å². The maximum absolute atomic E-state index is 12.6. The van der Waals surface area contributed by atoms with Crippen molar-refractivity contribution in [1.29, 1.82) is 0 Å². The first-order valence-corrected chi connectivity index (χ1v) is 7.09. The fraction of sp³-hybridized carbons (Fsp3) is 0.375. The van der Waals surface area contributed by atoms with E-state index in [-0.39, 0.29) is 18.3 Å². The number of halogens is 1. The Bertz CT molecular complexity index is 657. The second-order valence-corrected chi connectivity index (χ2v) is 5.51. The van der Waals surface area contributed by atoms with Crippen LogP contribution in [0.25, 0.3) is 10.9 Å². The molecule has 0 spiro atoms. The molecule has 0 bridgehead atoms. The van der Waals surface area contributed by atoms with Gasteiger partial charge in [0.25, 0.3) is 0 Å². The number of hydrogen-bond acceptors (Lipinski definition) is 4. The van der Waals surface area contributed by atoms with Gasteiger partial charge in [-0.1, -0.05) is 18.2 Å². The number of anilines is 1. The molecule has 2 heterocycles. The van der Waals surface area contributed by atoms with E-state index >= 15 is 0 Å². The largest absolute Gasteiger partial charge is 0.384 e. The first kappa shape index (κ1) is 16.7.